The minimum atomic E-state index is -4.60. The molecule has 2 saturated carbocycles. The number of hydrogen-bond donors (Lipinski definition) is 1. The molecule has 20 heavy (non-hydrogen) atoms. The van der Waals surface area contributed by atoms with Crippen molar-refractivity contribution < 1.29 is 23.1 Å². The zero-order valence-electron chi connectivity index (χ0n) is 11.3. The van der Waals surface area contributed by atoms with Crippen molar-refractivity contribution in [3.63, 3.8) is 0 Å². The van der Waals surface area contributed by atoms with Crippen LogP contribution in [0.1, 0.15) is 38.5 Å². The third-order valence-corrected chi connectivity index (χ3v) is 5.49. The maximum Gasteiger partial charge on any atom is 0.417 e. The van der Waals surface area contributed by atoms with Gasteiger partial charge < -0.3 is 10.0 Å². The van der Waals surface area contributed by atoms with E-state index in [-0.39, 0.29) is 24.9 Å². The van der Waals surface area contributed by atoms with Crippen molar-refractivity contribution in [3.05, 3.63) is 0 Å². The number of likely N-dealkylation sites (tertiary alicyclic amines) is 1. The zero-order valence-corrected chi connectivity index (χ0v) is 11.3. The van der Waals surface area contributed by atoms with Crippen molar-refractivity contribution in [2.75, 3.05) is 13.1 Å². The summed E-state index contributed by atoms with van der Waals surface area (Å²) in [6.45, 7) is 0.0332. The average Bonchev–Trinajstić information content (AvgIpc) is 3.00. The molecule has 0 spiro atoms. The Hall–Kier alpha value is -0.780. The van der Waals surface area contributed by atoms with Gasteiger partial charge in [0.2, 0.25) is 5.91 Å². The summed E-state index contributed by atoms with van der Waals surface area (Å²) < 4.78 is 38.2. The molecular formula is C14H20F3NO2. The van der Waals surface area contributed by atoms with Crippen molar-refractivity contribution in [2.45, 2.75) is 50.3 Å². The molecule has 0 aromatic rings. The Morgan fingerprint density at radius 2 is 1.80 bits per heavy atom. The monoisotopic (exact) mass is 291 g/mol. The van der Waals surface area contributed by atoms with Crippen molar-refractivity contribution in [3.8, 4) is 0 Å². The molecule has 114 valence electrons. The third kappa shape index (κ3) is 2.22. The molecule has 1 heterocycles. The number of nitrogens with zero attached hydrogens (tertiary/aromatic N) is 1. The van der Waals surface area contributed by atoms with Crippen molar-refractivity contribution in [2.24, 2.45) is 17.8 Å². The first-order chi connectivity index (χ1) is 9.30. The normalized spacial score (nSPS) is 36.4. The van der Waals surface area contributed by atoms with Gasteiger partial charge in [0.05, 0.1) is 0 Å². The van der Waals surface area contributed by atoms with Crippen LogP contribution in [0.25, 0.3) is 0 Å². The van der Waals surface area contributed by atoms with Crippen LogP contribution in [0.5, 0.6) is 0 Å². The second kappa shape index (κ2) is 4.61. The number of carbonyl (C=O) groups is 1. The van der Waals surface area contributed by atoms with Gasteiger partial charge in [-0.25, -0.2) is 0 Å². The number of aliphatic hydroxyl groups is 1. The number of carbonyl (C=O) groups excluding carboxylic acids is 1. The molecular weight excluding hydrogens is 271 g/mol. The Morgan fingerprint density at radius 1 is 1.15 bits per heavy atom. The van der Waals surface area contributed by atoms with Crippen LogP contribution in [0.15, 0.2) is 0 Å². The number of halogens is 3. The number of amides is 1. The molecule has 0 aromatic carbocycles. The second-order valence-corrected chi connectivity index (χ2v) is 6.64. The SMILES string of the molecule is O=C(C1CC2CCC1C2)N1CCC(O)(C(F)(F)F)CC1. The standard InChI is InChI=1S/C14H20F3NO2/c15-14(16,17)13(20)3-5-18(6-4-13)12(19)11-8-9-1-2-10(11)7-9/h9-11,20H,1-8H2. The van der Waals surface area contributed by atoms with Crippen LogP contribution < -0.4 is 0 Å². The fourth-order valence-electron chi connectivity index (χ4n) is 4.16. The Bertz CT molecular complexity index is 402. The summed E-state index contributed by atoms with van der Waals surface area (Å²) in [7, 11) is 0. The number of piperidine rings is 1. The van der Waals surface area contributed by atoms with E-state index in [9.17, 15) is 23.1 Å². The maximum absolute atomic E-state index is 12.7. The molecule has 3 unspecified atom stereocenters. The highest BCUT2D eigenvalue weighted by molar-refractivity contribution is 5.79. The maximum atomic E-state index is 12.7. The molecule has 3 rings (SSSR count). The highest BCUT2D eigenvalue weighted by atomic mass is 19.4. The lowest BCUT2D eigenvalue weighted by Gasteiger charge is -2.40. The van der Waals surface area contributed by atoms with Gasteiger partial charge in [-0.05, 0) is 31.1 Å². The van der Waals surface area contributed by atoms with Crippen LogP contribution in [0, 0.1) is 17.8 Å². The first-order valence-electron chi connectivity index (χ1n) is 7.38. The second-order valence-electron chi connectivity index (χ2n) is 6.64. The zero-order chi connectivity index (χ0) is 14.5. The first-order valence-corrected chi connectivity index (χ1v) is 7.38. The highest BCUT2D eigenvalue weighted by Crippen LogP contribution is 2.49. The van der Waals surface area contributed by atoms with Gasteiger partial charge in [-0.1, -0.05) is 6.42 Å². The minimum absolute atomic E-state index is 0.0152. The van der Waals surface area contributed by atoms with Crippen LogP contribution in [-0.4, -0.2) is 40.8 Å². The molecule has 3 aliphatic rings. The fraction of sp³-hybridized carbons (Fsp3) is 0.929. The van der Waals surface area contributed by atoms with Crippen LogP contribution in [0.2, 0.25) is 0 Å². The molecule has 3 fully saturated rings. The molecule has 1 saturated heterocycles. The Morgan fingerprint density at radius 3 is 2.25 bits per heavy atom. The number of alkyl halides is 3. The average molecular weight is 291 g/mol. The van der Waals surface area contributed by atoms with Crippen LogP contribution in [-0.2, 0) is 4.79 Å². The molecule has 6 heteroatoms. The molecule has 1 N–H and O–H groups in total. The summed E-state index contributed by atoms with van der Waals surface area (Å²) in [6, 6.07) is 0. The van der Waals surface area contributed by atoms with E-state index in [0.717, 1.165) is 19.3 Å². The van der Waals surface area contributed by atoms with E-state index < -0.39 is 24.6 Å². The fourth-order valence-corrected chi connectivity index (χ4v) is 4.16. The van der Waals surface area contributed by atoms with Crippen LogP contribution in [0.3, 0.4) is 0 Å². The van der Waals surface area contributed by atoms with Gasteiger partial charge in [-0.2, -0.15) is 13.2 Å². The van der Waals surface area contributed by atoms with E-state index in [4.69, 9.17) is 0 Å². The van der Waals surface area contributed by atoms with Crippen LogP contribution in [0.4, 0.5) is 13.2 Å². The predicted octanol–water partition coefficient (Wildman–Crippen LogP) is 2.34. The first kappa shape index (κ1) is 14.2. The number of hydrogen-bond acceptors (Lipinski definition) is 2. The molecule has 1 amide bonds. The van der Waals surface area contributed by atoms with E-state index in [0.29, 0.717) is 11.8 Å². The van der Waals surface area contributed by atoms with Crippen molar-refractivity contribution in [1.82, 2.24) is 4.90 Å². The number of fused-ring (bicyclic) bond motifs is 2. The summed E-state index contributed by atoms with van der Waals surface area (Å²) in [6.07, 6.45) is -1.11. The van der Waals surface area contributed by atoms with Crippen molar-refractivity contribution in [1.29, 1.82) is 0 Å². The topological polar surface area (TPSA) is 40.5 Å². The minimum Gasteiger partial charge on any atom is -0.380 e. The Balaban J connectivity index is 1.60. The van der Waals surface area contributed by atoms with Crippen molar-refractivity contribution >= 4 is 5.91 Å². The summed E-state index contributed by atoms with van der Waals surface area (Å²) in [4.78, 5) is 13.9. The van der Waals surface area contributed by atoms with E-state index in [2.05, 4.69) is 0 Å². The smallest absolute Gasteiger partial charge is 0.380 e. The number of rotatable bonds is 1. The van der Waals surface area contributed by atoms with Gasteiger partial charge in [0.15, 0.2) is 5.60 Å². The molecule has 2 bridgehead atoms. The quantitative estimate of drug-likeness (QED) is 0.805. The van der Waals surface area contributed by atoms with E-state index in [1.54, 1.807) is 0 Å². The van der Waals surface area contributed by atoms with Gasteiger partial charge in [0.1, 0.15) is 0 Å². The van der Waals surface area contributed by atoms with E-state index >= 15 is 0 Å². The molecule has 0 aromatic heterocycles. The summed E-state index contributed by atoms with van der Waals surface area (Å²) >= 11 is 0. The molecule has 2 aliphatic carbocycles. The lowest BCUT2D eigenvalue weighted by atomic mass is 9.85. The van der Waals surface area contributed by atoms with Gasteiger partial charge in [-0.3, -0.25) is 4.79 Å². The lowest BCUT2D eigenvalue weighted by molar-refractivity contribution is -0.272. The molecule has 3 atom stereocenters. The summed E-state index contributed by atoms with van der Waals surface area (Å²) in [5.74, 6) is 1.12. The summed E-state index contributed by atoms with van der Waals surface area (Å²) in [5.41, 5.74) is -2.61. The largest absolute Gasteiger partial charge is 0.417 e. The van der Waals surface area contributed by atoms with Gasteiger partial charge in [0, 0.05) is 31.8 Å². The van der Waals surface area contributed by atoms with Gasteiger partial charge >= 0.3 is 6.18 Å². The molecule has 0 radical (unpaired) electrons. The van der Waals surface area contributed by atoms with E-state index in [1.165, 1.54) is 11.3 Å². The molecule has 3 nitrogen and oxygen atoms in total. The van der Waals surface area contributed by atoms with E-state index in [1.807, 2.05) is 0 Å². The Kier molecular flexibility index (Phi) is 3.27. The predicted molar refractivity (Wildman–Crippen MR) is 65.8 cm³/mol. The van der Waals surface area contributed by atoms with Gasteiger partial charge in [0.25, 0.3) is 0 Å². The van der Waals surface area contributed by atoms with Crippen LogP contribution >= 0.6 is 0 Å². The highest BCUT2D eigenvalue weighted by Gasteiger charge is 2.55. The summed E-state index contributed by atoms with van der Waals surface area (Å²) in [5, 5.41) is 9.61. The third-order valence-electron chi connectivity index (χ3n) is 5.49. The van der Waals surface area contributed by atoms with Gasteiger partial charge in [-0.15, -0.1) is 0 Å². The Labute approximate surface area is 116 Å². The molecule has 1 aliphatic heterocycles. The lowest BCUT2D eigenvalue weighted by Crippen LogP contribution is -2.55.